The van der Waals surface area contributed by atoms with Crippen LogP contribution in [0.3, 0.4) is 0 Å². The second-order valence-corrected chi connectivity index (χ2v) is 10.2. The van der Waals surface area contributed by atoms with Crippen LogP contribution in [0.15, 0.2) is 119 Å². The van der Waals surface area contributed by atoms with Gasteiger partial charge in [0, 0.05) is 22.6 Å². The van der Waals surface area contributed by atoms with Gasteiger partial charge in [-0.1, -0.05) is 30.3 Å². The van der Waals surface area contributed by atoms with E-state index >= 15 is 0 Å². The zero-order chi connectivity index (χ0) is 29.5. The van der Waals surface area contributed by atoms with E-state index < -0.39 is 0 Å². The fourth-order valence-corrected chi connectivity index (χ4v) is 4.81. The maximum Gasteiger partial charge on any atom is 0.271 e. The monoisotopic (exact) mass is 624 g/mol. The van der Waals surface area contributed by atoms with Crippen molar-refractivity contribution in [2.45, 2.75) is 6.92 Å². The Morgan fingerprint density at radius 2 is 1.67 bits per heavy atom. The first-order valence-electron chi connectivity index (χ1n) is 13.0. The second-order valence-electron chi connectivity index (χ2n) is 9.34. The minimum Gasteiger partial charge on any atom is -0.483 e. The maximum atomic E-state index is 13.0. The molecule has 0 radical (unpaired) electrons. The Labute approximate surface area is 250 Å². The molecule has 5 rings (SSSR count). The summed E-state index contributed by atoms with van der Waals surface area (Å²) in [6, 6.07) is 32.3. The number of rotatable bonds is 9. The zero-order valence-electron chi connectivity index (χ0n) is 22.6. The Kier molecular flexibility index (Phi) is 8.89. The summed E-state index contributed by atoms with van der Waals surface area (Å²) in [4.78, 5) is 24.8. The first-order valence-corrected chi connectivity index (χ1v) is 13.8. The van der Waals surface area contributed by atoms with E-state index in [0.29, 0.717) is 27.0 Å². The van der Waals surface area contributed by atoms with Crippen LogP contribution >= 0.6 is 15.9 Å². The normalized spacial score (nSPS) is 10.9. The second kappa shape index (κ2) is 13.1. The fourth-order valence-electron chi connectivity index (χ4n) is 4.30. The molecule has 0 spiro atoms. The number of hydrogen-bond acceptors (Lipinski definition) is 4. The predicted molar refractivity (Wildman–Crippen MR) is 166 cm³/mol. The summed E-state index contributed by atoms with van der Waals surface area (Å²) in [5, 5.41) is 6.71. The van der Waals surface area contributed by atoms with Crippen LogP contribution in [0.4, 0.5) is 10.1 Å². The molecule has 210 valence electrons. The molecule has 0 aliphatic carbocycles. The number of hydrogen-bond donors (Lipinski definition) is 2. The molecule has 4 aromatic carbocycles. The van der Waals surface area contributed by atoms with Crippen LogP contribution in [0.5, 0.6) is 5.75 Å². The lowest BCUT2D eigenvalue weighted by Gasteiger charge is -2.12. The molecule has 0 saturated carbocycles. The maximum absolute atomic E-state index is 13.0. The number of hydrazone groups is 1. The number of ether oxygens (including phenoxy) is 1. The van der Waals surface area contributed by atoms with Gasteiger partial charge < -0.3 is 14.6 Å². The van der Waals surface area contributed by atoms with Crippen LogP contribution in [0, 0.1) is 12.7 Å². The molecule has 0 aliphatic heterocycles. The van der Waals surface area contributed by atoms with Crippen molar-refractivity contribution < 1.29 is 18.7 Å². The highest BCUT2D eigenvalue weighted by Crippen LogP contribution is 2.27. The van der Waals surface area contributed by atoms with E-state index in [1.165, 1.54) is 30.5 Å². The molecule has 0 unspecified atom stereocenters. The molecule has 42 heavy (non-hydrogen) atoms. The fraction of sp³-hybridized carbons (Fsp3) is 0.0606. The topological polar surface area (TPSA) is 84.7 Å². The SMILES string of the molecule is Cc1ccc(-c2ccccc2)n1-c1ccc(C(=O)N/N=C/c2ccc(OCC(=O)Nc3ccc(F)cc3)c(Br)c2)cc1. The molecule has 1 heterocycles. The summed E-state index contributed by atoms with van der Waals surface area (Å²) >= 11 is 3.43. The van der Waals surface area contributed by atoms with Crippen molar-refractivity contribution >= 4 is 39.6 Å². The quantitative estimate of drug-likeness (QED) is 0.135. The summed E-state index contributed by atoms with van der Waals surface area (Å²) in [6.45, 7) is 1.82. The molecule has 0 fully saturated rings. The molecular weight excluding hydrogens is 599 g/mol. The van der Waals surface area contributed by atoms with Crippen LogP contribution in [0.1, 0.15) is 21.6 Å². The Morgan fingerprint density at radius 3 is 2.38 bits per heavy atom. The minimum atomic E-state index is -0.383. The van der Waals surface area contributed by atoms with Gasteiger partial charge in [-0.2, -0.15) is 5.10 Å². The molecule has 5 aromatic rings. The van der Waals surface area contributed by atoms with Gasteiger partial charge in [0.1, 0.15) is 11.6 Å². The lowest BCUT2D eigenvalue weighted by Crippen LogP contribution is -2.20. The number of anilines is 1. The first-order chi connectivity index (χ1) is 20.4. The van der Waals surface area contributed by atoms with Crippen LogP contribution in [-0.4, -0.2) is 29.2 Å². The van der Waals surface area contributed by atoms with Crippen molar-refractivity contribution in [2.24, 2.45) is 5.10 Å². The van der Waals surface area contributed by atoms with Crippen LogP contribution in [0.25, 0.3) is 16.9 Å². The number of benzene rings is 4. The Bertz CT molecular complexity index is 1730. The van der Waals surface area contributed by atoms with Gasteiger partial charge >= 0.3 is 0 Å². The van der Waals surface area contributed by atoms with E-state index in [-0.39, 0.29) is 24.2 Å². The largest absolute Gasteiger partial charge is 0.483 e. The van der Waals surface area contributed by atoms with E-state index in [1.807, 2.05) is 37.3 Å². The number of aromatic nitrogens is 1. The molecular formula is C33H26BrFN4O3. The Hall–Kier alpha value is -5.02. The van der Waals surface area contributed by atoms with E-state index in [4.69, 9.17) is 4.74 Å². The summed E-state index contributed by atoms with van der Waals surface area (Å²) in [7, 11) is 0. The van der Waals surface area contributed by atoms with Gasteiger partial charge in [-0.05, 0) is 113 Å². The molecule has 0 atom stereocenters. The van der Waals surface area contributed by atoms with Crippen molar-refractivity contribution in [2.75, 3.05) is 11.9 Å². The molecule has 1 aromatic heterocycles. The third kappa shape index (κ3) is 7.00. The van der Waals surface area contributed by atoms with Gasteiger partial charge in [0.05, 0.1) is 16.4 Å². The summed E-state index contributed by atoms with van der Waals surface area (Å²) in [5.74, 6) is -0.642. The van der Waals surface area contributed by atoms with Gasteiger partial charge in [0.2, 0.25) is 0 Å². The standard InChI is InChI=1S/C33H26BrFN4O3/c1-22-7-17-30(24-5-3-2-4-6-24)39(22)28-15-9-25(10-16-28)33(41)38-36-20-23-8-18-31(29(34)19-23)42-21-32(40)37-27-13-11-26(35)12-14-27/h2-20H,21H2,1H3,(H,37,40)(H,38,41)/b36-20+. The smallest absolute Gasteiger partial charge is 0.271 e. The number of carbonyl (C=O) groups is 2. The van der Waals surface area contributed by atoms with E-state index in [0.717, 1.165) is 22.6 Å². The third-order valence-corrected chi connectivity index (χ3v) is 6.98. The minimum absolute atomic E-state index is 0.226. The van der Waals surface area contributed by atoms with Gasteiger partial charge in [0.15, 0.2) is 6.61 Å². The molecule has 9 heteroatoms. The summed E-state index contributed by atoms with van der Waals surface area (Å²) in [6.07, 6.45) is 1.51. The highest BCUT2D eigenvalue weighted by atomic mass is 79.9. The molecule has 2 N–H and O–H groups in total. The average Bonchev–Trinajstić information content (AvgIpc) is 3.39. The average molecular weight is 625 g/mol. The van der Waals surface area contributed by atoms with Gasteiger partial charge in [-0.15, -0.1) is 0 Å². The van der Waals surface area contributed by atoms with Crippen molar-refractivity contribution in [3.63, 3.8) is 0 Å². The number of aryl methyl sites for hydroxylation is 1. The lowest BCUT2D eigenvalue weighted by molar-refractivity contribution is -0.118. The van der Waals surface area contributed by atoms with Gasteiger partial charge in [-0.3, -0.25) is 9.59 Å². The molecule has 0 bridgehead atoms. The van der Waals surface area contributed by atoms with Crippen molar-refractivity contribution in [1.29, 1.82) is 0 Å². The zero-order valence-corrected chi connectivity index (χ0v) is 24.1. The number of nitrogens with one attached hydrogen (secondary N) is 2. The molecule has 7 nitrogen and oxygen atoms in total. The van der Waals surface area contributed by atoms with Crippen molar-refractivity contribution in [1.82, 2.24) is 9.99 Å². The van der Waals surface area contributed by atoms with Crippen molar-refractivity contribution in [3.8, 4) is 22.7 Å². The summed E-state index contributed by atoms with van der Waals surface area (Å²) < 4.78 is 21.4. The van der Waals surface area contributed by atoms with E-state index in [2.05, 4.69) is 60.6 Å². The first kappa shape index (κ1) is 28.5. The number of nitrogens with zero attached hydrogens (tertiary/aromatic N) is 2. The lowest BCUT2D eigenvalue weighted by atomic mass is 10.1. The highest BCUT2D eigenvalue weighted by molar-refractivity contribution is 9.10. The van der Waals surface area contributed by atoms with E-state index in [9.17, 15) is 14.0 Å². The number of carbonyl (C=O) groups excluding carboxylic acids is 2. The highest BCUT2D eigenvalue weighted by Gasteiger charge is 2.11. The van der Waals surface area contributed by atoms with Crippen LogP contribution < -0.4 is 15.5 Å². The van der Waals surface area contributed by atoms with Gasteiger partial charge in [-0.25, -0.2) is 9.82 Å². The van der Waals surface area contributed by atoms with Crippen LogP contribution in [-0.2, 0) is 4.79 Å². The number of amides is 2. The molecule has 2 amide bonds. The predicted octanol–water partition coefficient (Wildman–Crippen LogP) is 7.14. The van der Waals surface area contributed by atoms with E-state index in [1.54, 1.807) is 30.3 Å². The molecule has 0 saturated heterocycles. The Morgan fingerprint density at radius 1 is 0.929 bits per heavy atom. The van der Waals surface area contributed by atoms with Gasteiger partial charge in [0.25, 0.3) is 11.8 Å². The summed E-state index contributed by atoms with van der Waals surface area (Å²) in [5.41, 5.74) is 8.44. The third-order valence-electron chi connectivity index (χ3n) is 6.36. The van der Waals surface area contributed by atoms with Crippen LogP contribution in [0.2, 0.25) is 0 Å². The van der Waals surface area contributed by atoms with Crippen molar-refractivity contribution in [3.05, 3.63) is 136 Å². The number of halogens is 2. The Balaban J connectivity index is 1.16. The molecule has 0 aliphatic rings.